The number of thiophene rings is 1. The van der Waals surface area contributed by atoms with Crippen LogP contribution in [0.2, 0.25) is 0 Å². The molecule has 20 heavy (non-hydrogen) atoms. The summed E-state index contributed by atoms with van der Waals surface area (Å²) in [5.74, 6) is 0.0111. The number of amides is 1. The second kappa shape index (κ2) is 5.25. The second-order valence-corrected chi connectivity index (χ2v) is 5.91. The lowest BCUT2D eigenvalue weighted by atomic mass is 10.0. The van der Waals surface area contributed by atoms with Crippen molar-refractivity contribution in [3.8, 4) is 0 Å². The van der Waals surface area contributed by atoms with Crippen LogP contribution in [-0.4, -0.2) is 29.4 Å². The number of hydrogen-bond donors (Lipinski definition) is 1. The molecule has 1 N–H and O–H groups in total. The molecule has 1 aliphatic heterocycles. The van der Waals surface area contributed by atoms with Crippen molar-refractivity contribution in [2.45, 2.75) is 19.4 Å². The van der Waals surface area contributed by atoms with Gasteiger partial charge in [0.15, 0.2) is 0 Å². The molecule has 1 unspecified atom stereocenters. The molecule has 2 aromatic heterocycles. The monoisotopic (exact) mass is 287 g/mol. The molecule has 104 valence electrons. The average molecular weight is 287 g/mol. The molecule has 1 aliphatic rings. The summed E-state index contributed by atoms with van der Waals surface area (Å²) in [6.07, 6.45) is 2.63. The van der Waals surface area contributed by atoms with E-state index in [1.807, 2.05) is 18.0 Å². The lowest BCUT2D eigenvalue weighted by Crippen LogP contribution is -2.38. The van der Waals surface area contributed by atoms with Crippen molar-refractivity contribution in [2.24, 2.45) is 0 Å². The molecule has 2 aromatic rings. The second-order valence-electron chi connectivity index (χ2n) is 4.91. The summed E-state index contributed by atoms with van der Waals surface area (Å²) in [5, 5.41) is 5.11. The number of carbonyl (C=O) groups excluding carboxylic acids is 1. The number of carbonyl (C=O) groups is 1. The molecule has 0 saturated heterocycles. The molecule has 3 heterocycles. The predicted octanol–water partition coefficient (Wildman–Crippen LogP) is 2.94. The van der Waals surface area contributed by atoms with E-state index in [9.17, 15) is 4.79 Å². The summed E-state index contributed by atoms with van der Waals surface area (Å²) in [6.45, 7) is 2.85. The Bertz CT molecular complexity index is 620. The van der Waals surface area contributed by atoms with Gasteiger partial charge >= 0.3 is 0 Å². The minimum Gasteiger partial charge on any atom is -0.387 e. The highest BCUT2D eigenvalue weighted by molar-refractivity contribution is 7.10. The third-order valence-electron chi connectivity index (χ3n) is 3.81. The van der Waals surface area contributed by atoms with Crippen LogP contribution in [0.25, 0.3) is 0 Å². The topological polar surface area (TPSA) is 45.2 Å². The first kappa shape index (κ1) is 13.1. The van der Waals surface area contributed by atoms with Gasteiger partial charge in [0, 0.05) is 18.5 Å². The Morgan fingerprint density at radius 3 is 3.00 bits per heavy atom. The molecule has 0 aliphatic carbocycles. The normalized spacial score (nSPS) is 17.7. The summed E-state index contributed by atoms with van der Waals surface area (Å²) in [5.41, 5.74) is 2.70. The maximum atomic E-state index is 12.6. The molecule has 3 rings (SSSR count). The zero-order valence-corrected chi connectivity index (χ0v) is 12.4. The van der Waals surface area contributed by atoms with Crippen LogP contribution < -0.4 is 5.32 Å². The Morgan fingerprint density at radius 1 is 1.45 bits per heavy atom. The maximum Gasteiger partial charge on any atom is 0.272 e. The van der Waals surface area contributed by atoms with E-state index in [0.29, 0.717) is 5.69 Å². The van der Waals surface area contributed by atoms with Crippen molar-refractivity contribution in [2.75, 3.05) is 18.9 Å². The number of anilines is 1. The van der Waals surface area contributed by atoms with Gasteiger partial charge in [0.25, 0.3) is 5.91 Å². The van der Waals surface area contributed by atoms with E-state index in [0.717, 1.165) is 18.7 Å². The molecule has 1 amide bonds. The molecule has 0 spiro atoms. The van der Waals surface area contributed by atoms with Crippen molar-refractivity contribution in [3.05, 3.63) is 45.9 Å². The Hall–Kier alpha value is -1.88. The maximum absolute atomic E-state index is 12.6. The summed E-state index contributed by atoms with van der Waals surface area (Å²) in [4.78, 5) is 20.2. The number of hydrogen-bond acceptors (Lipinski definition) is 4. The van der Waals surface area contributed by atoms with Crippen LogP contribution >= 0.6 is 11.3 Å². The molecule has 0 radical (unpaired) electrons. The van der Waals surface area contributed by atoms with Crippen molar-refractivity contribution in [3.63, 3.8) is 0 Å². The summed E-state index contributed by atoms with van der Waals surface area (Å²) in [7, 11) is 1.84. The first-order valence-electron chi connectivity index (χ1n) is 6.71. The number of aromatic nitrogens is 1. The molecule has 5 heteroatoms. The van der Waals surface area contributed by atoms with Gasteiger partial charge in [-0.2, -0.15) is 0 Å². The van der Waals surface area contributed by atoms with Gasteiger partial charge in [0.2, 0.25) is 0 Å². The fourth-order valence-electron chi connectivity index (χ4n) is 2.60. The van der Waals surface area contributed by atoms with Crippen molar-refractivity contribution in [1.29, 1.82) is 0 Å². The average Bonchev–Trinajstić information content (AvgIpc) is 2.96. The number of pyridine rings is 1. The van der Waals surface area contributed by atoms with Crippen LogP contribution in [0.3, 0.4) is 0 Å². The summed E-state index contributed by atoms with van der Waals surface area (Å²) in [6, 6.07) is 5.92. The number of fused-ring (bicyclic) bond motifs is 1. The summed E-state index contributed by atoms with van der Waals surface area (Å²) >= 11 is 1.78. The molecular formula is C15H17N3OS. The van der Waals surface area contributed by atoms with Gasteiger partial charge in [-0.25, -0.2) is 4.98 Å². The van der Waals surface area contributed by atoms with Gasteiger partial charge in [-0.05, 0) is 42.5 Å². The Balaban J connectivity index is 1.84. The van der Waals surface area contributed by atoms with Gasteiger partial charge < -0.3 is 10.2 Å². The lowest BCUT2D eigenvalue weighted by Gasteiger charge is -2.33. The highest BCUT2D eigenvalue weighted by Gasteiger charge is 2.29. The Labute approximate surface area is 122 Å². The molecule has 0 aromatic carbocycles. The highest BCUT2D eigenvalue weighted by Crippen LogP contribution is 2.33. The van der Waals surface area contributed by atoms with Crippen LogP contribution in [0, 0.1) is 0 Å². The van der Waals surface area contributed by atoms with Gasteiger partial charge in [0.05, 0.1) is 17.9 Å². The lowest BCUT2D eigenvalue weighted by molar-refractivity contribution is 0.0673. The van der Waals surface area contributed by atoms with Gasteiger partial charge in [-0.15, -0.1) is 11.3 Å². The van der Waals surface area contributed by atoms with E-state index in [2.05, 4.69) is 28.7 Å². The van der Waals surface area contributed by atoms with Crippen molar-refractivity contribution in [1.82, 2.24) is 9.88 Å². The molecule has 0 fully saturated rings. The Kier molecular flexibility index (Phi) is 3.44. The van der Waals surface area contributed by atoms with Crippen LogP contribution in [0.4, 0.5) is 5.69 Å². The molecular weight excluding hydrogens is 270 g/mol. The van der Waals surface area contributed by atoms with E-state index >= 15 is 0 Å². The quantitative estimate of drug-likeness (QED) is 0.923. The third-order valence-corrected chi connectivity index (χ3v) is 4.81. The van der Waals surface area contributed by atoms with Crippen molar-refractivity contribution < 1.29 is 4.79 Å². The minimum atomic E-state index is 0.0111. The van der Waals surface area contributed by atoms with Gasteiger partial charge in [0.1, 0.15) is 5.69 Å². The van der Waals surface area contributed by atoms with E-state index in [1.165, 1.54) is 10.4 Å². The first-order valence-corrected chi connectivity index (χ1v) is 7.59. The van der Waals surface area contributed by atoms with Crippen LogP contribution in [0.15, 0.2) is 29.8 Å². The number of nitrogens with zero attached hydrogens (tertiary/aromatic N) is 2. The SMILES string of the molecule is CNc1ccc(C(=O)N2CCc3sccc3C2C)nc1. The first-order chi connectivity index (χ1) is 9.70. The van der Waals surface area contributed by atoms with Crippen LogP contribution in [-0.2, 0) is 6.42 Å². The molecule has 0 bridgehead atoms. The number of rotatable bonds is 2. The predicted molar refractivity (Wildman–Crippen MR) is 81.3 cm³/mol. The van der Waals surface area contributed by atoms with E-state index in [4.69, 9.17) is 0 Å². The van der Waals surface area contributed by atoms with Crippen LogP contribution in [0.1, 0.15) is 33.9 Å². The van der Waals surface area contributed by atoms with E-state index in [-0.39, 0.29) is 11.9 Å². The van der Waals surface area contributed by atoms with Crippen LogP contribution in [0.5, 0.6) is 0 Å². The van der Waals surface area contributed by atoms with E-state index < -0.39 is 0 Å². The largest absolute Gasteiger partial charge is 0.387 e. The fourth-order valence-corrected chi connectivity index (χ4v) is 3.57. The summed E-state index contributed by atoms with van der Waals surface area (Å²) < 4.78 is 0. The highest BCUT2D eigenvalue weighted by atomic mass is 32.1. The molecule has 4 nitrogen and oxygen atoms in total. The Morgan fingerprint density at radius 2 is 2.30 bits per heavy atom. The molecule has 0 saturated carbocycles. The van der Waals surface area contributed by atoms with E-state index in [1.54, 1.807) is 23.6 Å². The zero-order chi connectivity index (χ0) is 14.1. The zero-order valence-electron chi connectivity index (χ0n) is 11.6. The van der Waals surface area contributed by atoms with Gasteiger partial charge in [-0.1, -0.05) is 0 Å². The smallest absolute Gasteiger partial charge is 0.272 e. The third kappa shape index (κ3) is 2.18. The van der Waals surface area contributed by atoms with Gasteiger partial charge in [-0.3, -0.25) is 4.79 Å². The van der Waals surface area contributed by atoms with Crippen molar-refractivity contribution >= 4 is 22.9 Å². The minimum absolute atomic E-state index is 0.0111. The standard InChI is InChI=1S/C15H17N3OS/c1-10-12-6-8-20-14(12)5-7-18(10)15(19)13-4-3-11(16-2)9-17-13/h3-4,6,8-10,16H,5,7H2,1-2H3. The molecule has 1 atom stereocenters. The fraction of sp³-hybridized carbons (Fsp3) is 0.333. The number of nitrogens with one attached hydrogen (secondary N) is 1.